The van der Waals surface area contributed by atoms with Gasteiger partial charge in [-0.25, -0.2) is 9.64 Å². The molecule has 3 N–H and O–H groups in total. The summed E-state index contributed by atoms with van der Waals surface area (Å²) in [5.74, 6) is -0.535. The molecule has 1 saturated heterocycles. The Morgan fingerprint density at radius 3 is 2.55 bits per heavy atom. The van der Waals surface area contributed by atoms with Crippen LogP contribution in [0.3, 0.4) is 0 Å². The van der Waals surface area contributed by atoms with Crippen molar-refractivity contribution in [3.05, 3.63) is 58.2 Å². The fourth-order valence-electron chi connectivity index (χ4n) is 4.36. The zero-order chi connectivity index (χ0) is 22.0. The van der Waals surface area contributed by atoms with E-state index < -0.39 is 5.91 Å². The first-order valence-corrected chi connectivity index (χ1v) is 10.1. The molecule has 0 radical (unpaired) electrons. The topological polar surface area (TPSA) is 118 Å². The molecule has 2 aliphatic heterocycles. The molecular weight excluding hydrogens is 396 g/mol. The summed E-state index contributed by atoms with van der Waals surface area (Å²) in [6.45, 7) is 9.34. The van der Waals surface area contributed by atoms with Crippen molar-refractivity contribution in [2.75, 3.05) is 25.1 Å². The number of nitrogens with zero attached hydrogens (tertiary/aromatic N) is 4. The minimum Gasteiger partial charge on any atom is -0.381 e. The van der Waals surface area contributed by atoms with Crippen LogP contribution >= 0.6 is 0 Å². The number of anilines is 1. The molecule has 4 rings (SSSR count). The SMILES string of the molecule is [C-]#[N+]c1ccc(NC(=O)N2CCn3c(c(C(N)=O)c(C#N)c3C3CCOCC3)C2)cc1. The normalized spacial score (nSPS) is 16.1. The van der Waals surface area contributed by atoms with E-state index in [1.165, 1.54) is 0 Å². The zero-order valence-corrected chi connectivity index (χ0v) is 16.9. The molecule has 0 unspecified atom stereocenters. The summed E-state index contributed by atoms with van der Waals surface area (Å²) in [7, 11) is 0. The molecule has 0 atom stereocenters. The molecule has 0 bridgehead atoms. The Kier molecular flexibility index (Phi) is 5.61. The molecule has 9 heteroatoms. The summed E-state index contributed by atoms with van der Waals surface area (Å²) in [6.07, 6.45) is 1.56. The Bertz CT molecular complexity index is 1100. The molecule has 2 aliphatic rings. The Labute approximate surface area is 179 Å². The largest absolute Gasteiger partial charge is 0.381 e. The summed E-state index contributed by atoms with van der Waals surface area (Å²) in [5.41, 5.74) is 8.71. The molecule has 1 aromatic heterocycles. The second-order valence-corrected chi connectivity index (χ2v) is 7.61. The van der Waals surface area contributed by atoms with Gasteiger partial charge in [0.05, 0.1) is 29.9 Å². The zero-order valence-electron chi connectivity index (χ0n) is 16.9. The van der Waals surface area contributed by atoms with E-state index in [9.17, 15) is 14.9 Å². The molecule has 9 nitrogen and oxygen atoms in total. The van der Waals surface area contributed by atoms with Crippen LogP contribution in [0.15, 0.2) is 24.3 Å². The standard InChI is InChI=1S/C22H22N6O3/c1-25-15-2-4-16(5-3-15)26-22(30)27-8-9-28-18(13-27)19(21(24)29)17(12-23)20(28)14-6-10-31-11-7-14/h2-5,14H,6-11,13H2,(H2,24,29)(H,26,30). The average Bonchev–Trinajstić information content (AvgIpc) is 3.14. The average molecular weight is 418 g/mol. The van der Waals surface area contributed by atoms with E-state index in [1.807, 2.05) is 4.57 Å². The lowest BCUT2D eigenvalue weighted by atomic mass is 9.92. The van der Waals surface area contributed by atoms with E-state index in [4.69, 9.17) is 17.0 Å². The maximum absolute atomic E-state index is 12.8. The number of nitrogens with two attached hydrogens (primary N) is 1. The van der Waals surface area contributed by atoms with Gasteiger partial charge in [0.15, 0.2) is 5.69 Å². The fraction of sp³-hybridized carbons (Fsp3) is 0.364. The lowest BCUT2D eigenvalue weighted by Crippen LogP contribution is -2.41. The molecule has 158 valence electrons. The summed E-state index contributed by atoms with van der Waals surface area (Å²) in [4.78, 5) is 30.0. The van der Waals surface area contributed by atoms with Crippen molar-refractivity contribution in [1.29, 1.82) is 5.26 Å². The molecule has 0 aliphatic carbocycles. The van der Waals surface area contributed by atoms with Gasteiger partial charge in [0.2, 0.25) is 0 Å². The number of hydrogen-bond acceptors (Lipinski definition) is 4. The second-order valence-electron chi connectivity index (χ2n) is 7.61. The lowest BCUT2D eigenvalue weighted by Gasteiger charge is -2.32. The Morgan fingerprint density at radius 2 is 1.94 bits per heavy atom. The highest BCUT2D eigenvalue weighted by atomic mass is 16.5. The third-order valence-corrected chi connectivity index (χ3v) is 5.85. The van der Waals surface area contributed by atoms with Crippen molar-refractivity contribution in [1.82, 2.24) is 9.47 Å². The molecule has 1 aromatic carbocycles. The monoisotopic (exact) mass is 418 g/mol. The van der Waals surface area contributed by atoms with Crippen LogP contribution in [0, 0.1) is 17.9 Å². The van der Waals surface area contributed by atoms with Gasteiger partial charge in [0.25, 0.3) is 5.91 Å². The van der Waals surface area contributed by atoms with E-state index in [0.717, 1.165) is 18.5 Å². The van der Waals surface area contributed by atoms with Crippen LogP contribution in [0.25, 0.3) is 4.85 Å². The number of carbonyl (C=O) groups is 2. The number of carbonyl (C=O) groups excluding carboxylic acids is 2. The van der Waals surface area contributed by atoms with Gasteiger partial charge in [0.1, 0.15) is 6.07 Å². The number of benzene rings is 1. The number of ether oxygens (including phenoxy) is 1. The maximum atomic E-state index is 12.8. The van der Waals surface area contributed by atoms with Crippen LogP contribution in [0.5, 0.6) is 0 Å². The van der Waals surface area contributed by atoms with Crippen molar-refractivity contribution >= 4 is 23.3 Å². The van der Waals surface area contributed by atoms with Crippen molar-refractivity contribution in [2.24, 2.45) is 5.73 Å². The molecule has 0 saturated carbocycles. The smallest absolute Gasteiger partial charge is 0.322 e. The molecule has 3 heterocycles. The van der Waals surface area contributed by atoms with E-state index in [2.05, 4.69) is 16.2 Å². The maximum Gasteiger partial charge on any atom is 0.322 e. The number of urea groups is 1. The first kappa shape index (κ1) is 20.5. The highest BCUT2D eigenvalue weighted by Crippen LogP contribution is 2.36. The minimum absolute atomic E-state index is 0.122. The van der Waals surface area contributed by atoms with E-state index in [-0.39, 0.29) is 24.1 Å². The van der Waals surface area contributed by atoms with E-state index in [0.29, 0.717) is 48.9 Å². The van der Waals surface area contributed by atoms with Crippen molar-refractivity contribution in [3.63, 3.8) is 0 Å². The van der Waals surface area contributed by atoms with Crippen molar-refractivity contribution in [3.8, 4) is 6.07 Å². The summed E-state index contributed by atoms with van der Waals surface area (Å²) in [6, 6.07) is 8.48. The van der Waals surface area contributed by atoms with Crippen LogP contribution in [-0.4, -0.2) is 41.2 Å². The van der Waals surface area contributed by atoms with Gasteiger partial charge in [-0.15, -0.1) is 0 Å². The summed E-state index contributed by atoms with van der Waals surface area (Å²) in [5, 5.41) is 12.6. The number of aromatic nitrogens is 1. The highest BCUT2D eigenvalue weighted by Gasteiger charge is 2.34. The highest BCUT2D eigenvalue weighted by molar-refractivity contribution is 5.98. The first-order valence-electron chi connectivity index (χ1n) is 10.1. The van der Waals surface area contributed by atoms with Crippen LogP contribution in [0.2, 0.25) is 0 Å². The van der Waals surface area contributed by atoms with Gasteiger partial charge in [-0.3, -0.25) is 4.79 Å². The van der Waals surface area contributed by atoms with Crippen LogP contribution in [0.1, 0.15) is 46.1 Å². The molecular formula is C22H22N6O3. The Hall–Kier alpha value is -3.82. The number of rotatable bonds is 3. The van der Waals surface area contributed by atoms with E-state index >= 15 is 0 Å². The number of fused-ring (bicyclic) bond motifs is 1. The number of primary amides is 1. The molecule has 2 aromatic rings. The van der Waals surface area contributed by atoms with Gasteiger partial charge < -0.3 is 25.3 Å². The summed E-state index contributed by atoms with van der Waals surface area (Å²) >= 11 is 0. The Balaban J connectivity index is 1.62. The number of nitrogens with one attached hydrogen (secondary N) is 1. The predicted octanol–water partition coefficient (Wildman–Crippen LogP) is 2.95. The minimum atomic E-state index is -0.657. The number of nitriles is 1. The van der Waals surface area contributed by atoms with Gasteiger partial charge in [0, 0.05) is 43.6 Å². The fourth-order valence-corrected chi connectivity index (χ4v) is 4.36. The Morgan fingerprint density at radius 1 is 1.23 bits per heavy atom. The van der Waals surface area contributed by atoms with E-state index in [1.54, 1.807) is 29.2 Å². The molecule has 31 heavy (non-hydrogen) atoms. The van der Waals surface area contributed by atoms with Gasteiger partial charge in [-0.05, 0) is 25.0 Å². The van der Waals surface area contributed by atoms with Crippen LogP contribution in [0.4, 0.5) is 16.2 Å². The van der Waals surface area contributed by atoms with Crippen molar-refractivity contribution < 1.29 is 14.3 Å². The van der Waals surface area contributed by atoms with Crippen molar-refractivity contribution in [2.45, 2.75) is 31.8 Å². The molecule has 1 fully saturated rings. The third kappa shape index (κ3) is 3.83. The van der Waals surface area contributed by atoms with Gasteiger partial charge in [-0.2, -0.15) is 5.26 Å². The number of amides is 3. The van der Waals surface area contributed by atoms with Crippen LogP contribution in [-0.2, 0) is 17.8 Å². The van der Waals surface area contributed by atoms with Gasteiger partial charge >= 0.3 is 6.03 Å². The summed E-state index contributed by atoms with van der Waals surface area (Å²) < 4.78 is 7.45. The lowest BCUT2D eigenvalue weighted by molar-refractivity contribution is 0.0832. The molecule has 3 amide bonds. The molecule has 0 spiro atoms. The quantitative estimate of drug-likeness (QED) is 0.745. The second kappa shape index (κ2) is 8.50. The number of hydrogen-bond donors (Lipinski definition) is 2. The van der Waals surface area contributed by atoms with Gasteiger partial charge in [-0.1, -0.05) is 12.1 Å². The predicted molar refractivity (Wildman–Crippen MR) is 113 cm³/mol. The third-order valence-electron chi connectivity index (χ3n) is 5.85. The first-order chi connectivity index (χ1) is 15.0. The van der Waals surface area contributed by atoms with Crippen LogP contribution < -0.4 is 11.1 Å².